The number of anilines is 1. The monoisotopic (exact) mass is 497 g/mol. The Morgan fingerprint density at radius 3 is 2.59 bits per heavy atom. The Morgan fingerprint density at radius 2 is 1.78 bits per heavy atom. The molecule has 2 aromatic heterocycles. The first kappa shape index (κ1) is 20.9. The lowest BCUT2D eigenvalue weighted by molar-refractivity contribution is 0.0953. The van der Waals surface area contributed by atoms with Gasteiger partial charge >= 0.3 is 0 Å². The van der Waals surface area contributed by atoms with Crippen LogP contribution in [0.15, 0.2) is 71.1 Å². The minimum atomic E-state index is -0.463. The van der Waals surface area contributed by atoms with Crippen molar-refractivity contribution in [2.24, 2.45) is 0 Å². The maximum Gasteiger partial charge on any atom is 0.293 e. The number of para-hydroxylation sites is 2. The summed E-state index contributed by atoms with van der Waals surface area (Å²) in [6, 6.07) is 20.3. The lowest BCUT2D eigenvalue weighted by Gasteiger charge is -2.12. The van der Waals surface area contributed by atoms with Crippen LogP contribution in [0, 0.1) is 0 Å². The smallest absolute Gasteiger partial charge is 0.293 e. The minimum Gasteiger partial charge on any atom is -0.451 e. The second-order valence-electron chi connectivity index (χ2n) is 6.86. The number of thiocarbonyl (C=S) groups is 1. The number of halogens is 2. The van der Waals surface area contributed by atoms with E-state index in [1.807, 2.05) is 42.5 Å². The molecule has 1 amide bonds. The van der Waals surface area contributed by atoms with Crippen LogP contribution in [-0.4, -0.2) is 16.0 Å². The van der Waals surface area contributed by atoms with Gasteiger partial charge in [0.05, 0.1) is 25.9 Å². The molecule has 0 saturated heterocycles. The second kappa shape index (κ2) is 8.52. The van der Waals surface area contributed by atoms with Gasteiger partial charge < -0.3 is 9.73 Å². The van der Waals surface area contributed by atoms with Gasteiger partial charge in [-0.3, -0.25) is 10.1 Å². The fraction of sp³-hybridized carbons (Fsp3) is 0. The van der Waals surface area contributed by atoms with Gasteiger partial charge in [0.25, 0.3) is 5.91 Å². The molecule has 2 heterocycles. The average Bonchev–Trinajstić information content (AvgIpc) is 3.39. The molecular weight excluding hydrogens is 485 g/mol. The molecule has 0 fully saturated rings. The first-order valence-electron chi connectivity index (χ1n) is 9.44. The van der Waals surface area contributed by atoms with E-state index in [-0.39, 0.29) is 10.9 Å². The number of carbonyl (C=O) groups excluding carboxylic acids is 1. The molecule has 5 nitrogen and oxygen atoms in total. The zero-order valence-corrected chi connectivity index (χ0v) is 19.3. The van der Waals surface area contributed by atoms with E-state index in [1.54, 1.807) is 24.3 Å². The molecular formula is C23H13Cl2N3O2S2. The lowest BCUT2D eigenvalue weighted by atomic mass is 10.2. The molecule has 2 N–H and O–H groups in total. The van der Waals surface area contributed by atoms with E-state index in [0.717, 1.165) is 20.6 Å². The first-order chi connectivity index (χ1) is 15.5. The topological polar surface area (TPSA) is 67.2 Å². The molecule has 5 rings (SSSR count). The molecule has 0 aliphatic carbocycles. The van der Waals surface area contributed by atoms with Gasteiger partial charge in [-0.05, 0) is 48.6 Å². The van der Waals surface area contributed by atoms with Crippen molar-refractivity contribution < 1.29 is 9.21 Å². The van der Waals surface area contributed by atoms with Crippen LogP contribution >= 0.6 is 46.8 Å². The van der Waals surface area contributed by atoms with Gasteiger partial charge in [0, 0.05) is 10.9 Å². The van der Waals surface area contributed by atoms with Gasteiger partial charge in [0.2, 0.25) is 0 Å². The van der Waals surface area contributed by atoms with Crippen molar-refractivity contribution in [2.45, 2.75) is 0 Å². The summed E-state index contributed by atoms with van der Waals surface area (Å²) in [7, 11) is 0. The molecule has 0 saturated carbocycles. The Labute approximate surface area is 202 Å². The molecule has 0 atom stereocenters. The summed E-state index contributed by atoms with van der Waals surface area (Å²) in [5.41, 5.74) is 2.73. The van der Waals surface area contributed by atoms with Gasteiger partial charge in [0.15, 0.2) is 10.9 Å². The summed E-state index contributed by atoms with van der Waals surface area (Å²) < 4.78 is 6.63. The van der Waals surface area contributed by atoms with Crippen molar-refractivity contribution in [3.8, 4) is 10.6 Å². The van der Waals surface area contributed by atoms with Crippen LogP contribution in [0.1, 0.15) is 10.6 Å². The standard InChI is InChI=1S/C23H13Cl2N3O2S2/c24-14-11-15(25)17(10-13(14)22-26-16-6-2-4-8-20(16)32-22)27-23(31)28-21(29)19-9-12-5-1-3-7-18(12)30-19/h1-11H,(H2,27,28,29,31). The van der Waals surface area contributed by atoms with Gasteiger partial charge in [-0.2, -0.15) is 0 Å². The van der Waals surface area contributed by atoms with Crippen LogP contribution in [0.3, 0.4) is 0 Å². The number of hydrogen-bond donors (Lipinski definition) is 2. The fourth-order valence-corrected chi connectivity index (χ4v) is 4.98. The van der Waals surface area contributed by atoms with Crippen LogP contribution in [0.2, 0.25) is 10.0 Å². The molecule has 5 aromatic rings. The molecule has 32 heavy (non-hydrogen) atoms. The molecule has 3 aromatic carbocycles. The Kier molecular flexibility index (Phi) is 5.57. The average molecular weight is 498 g/mol. The molecule has 0 spiro atoms. The number of fused-ring (bicyclic) bond motifs is 2. The molecule has 0 aliphatic rings. The Balaban J connectivity index is 1.38. The van der Waals surface area contributed by atoms with Crippen molar-refractivity contribution in [1.29, 1.82) is 0 Å². The third kappa shape index (κ3) is 4.08. The zero-order valence-electron chi connectivity index (χ0n) is 16.2. The van der Waals surface area contributed by atoms with Crippen LogP contribution in [0.5, 0.6) is 0 Å². The van der Waals surface area contributed by atoms with E-state index in [2.05, 4.69) is 15.6 Å². The third-order valence-corrected chi connectivity index (χ3v) is 6.60. The van der Waals surface area contributed by atoms with Crippen LogP contribution in [0.4, 0.5) is 5.69 Å². The van der Waals surface area contributed by atoms with Crippen LogP contribution in [0.25, 0.3) is 31.8 Å². The summed E-state index contributed by atoms with van der Waals surface area (Å²) in [6.45, 7) is 0. The maximum atomic E-state index is 12.5. The number of nitrogens with zero attached hydrogens (tertiary/aromatic N) is 1. The predicted molar refractivity (Wildman–Crippen MR) is 135 cm³/mol. The lowest BCUT2D eigenvalue weighted by Crippen LogP contribution is -2.34. The van der Waals surface area contributed by atoms with Gasteiger partial charge in [0.1, 0.15) is 10.6 Å². The van der Waals surface area contributed by atoms with Crippen molar-refractivity contribution in [3.05, 3.63) is 82.5 Å². The number of amides is 1. The first-order valence-corrected chi connectivity index (χ1v) is 11.4. The molecule has 158 valence electrons. The number of thiazole rings is 1. The molecule has 9 heteroatoms. The highest BCUT2D eigenvalue weighted by Gasteiger charge is 2.17. The number of furan rings is 1. The van der Waals surface area contributed by atoms with E-state index >= 15 is 0 Å². The van der Waals surface area contributed by atoms with Gasteiger partial charge in [-0.15, -0.1) is 11.3 Å². The van der Waals surface area contributed by atoms with Crippen molar-refractivity contribution in [1.82, 2.24) is 10.3 Å². The molecule has 0 radical (unpaired) electrons. The highest BCUT2D eigenvalue weighted by molar-refractivity contribution is 7.80. The normalized spacial score (nSPS) is 11.1. The quantitative estimate of drug-likeness (QED) is 0.259. The summed E-state index contributed by atoms with van der Waals surface area (Å²) in [6.07, 6.45) is 0. The van der Waals surface area contributed by atoms with E-state index in [4.69, 9.17) is 39.8 Å². The highest BCUT2D eigenvalue weighted by Crippen LogP contribution is 2.38. The van der Waals surface area contributed by atoms with Crippen molar-refractivity contribution >= 4 is 84.6 Å². The number of aromatic nitrogens is 1. The predicted octanol–water partition coefficient (Wildman–Crippen LogP) is 7.14. The summed E-state index contributed by atoms with van der Waals surface area (Å²) in [4.78, 5) is 17.2. The van der Waals surface area contributed by atoms with Gasteiger partial charge in [-0.25, -0.2) is 4.98 Å². The summed E-state index contributed by atoms with van der Waals surface area (Å²) >= 11 is 19.6. The van der Waals surface area contributed by atoms with Crippen molar-refractivity contribution in [3.63, 3.8) is 0 Å². The number of hydrogen-bond acceptors (Lipinski definition) is 5. The second-order valence-corrected chi connectivity index (χ2v) is 9.11. The number of rotatable bonds is 3. The molecule has 0 bridgehead atoms. The molecule has 0 unspecified atom stereocenters. The number of nitrogens with one attached hydrogen (secondary N) is 2. The summed E-state index contributed by atoms with van der Waals surface area (Å²) in [5, 5.41) is 8.07. The Morgan fingerprint density at radius 1 is 1.00 bits per heavy atom. The third-order valence-electron chi connectivity index (χ3n) is 4.71. The SMILES string of the molecule is O=C(NC(=S)Nc1cc(-c2nc3ccccc3s2)c(Cl)cc1Cl)c1cc2ccccc2o1. The van der Waals surface area contributed by atoms with Crippen LogP contribution in [-0.2, 0) is 0 Å². The van der Waals surface area contributed by atoms with Crippen molar-refractivity contribution in [2.75, 3.05) is 5.32 Å². The molecule has 0 aliphatic heterocycles. The maximum absolute atomic E-state index is 12.5. The summed E-state index contributed by atoms with van der Waals surface area (Å²) in [5.74, 6) is -0.303. The van der Waals surface area contributed by atoms with E-state index in [9.17, 15) is 4.79 Å². The van der Waals surface area contributed by atoms with Gasteiger partial charge in [-0.1, -0.05) is 53.5 Å². The Hall–Kier alpha value is -2.97. The highest BCUT2D eigenvalue weighted by atomic mass is 35.5. The van der Waals surface area contributed by atoms with E-state index < -0.39 is 5.91 Å². The van der Waals surface area contributed by atoms with Crippen LogP contribution < -0.4 is 10.6 Å². The largest absolute Gasteiger partial charge is 0.451 e. The van der Waals surface area contributed by atoms with E-state index in [1.165, 1.54) is 11.3 Å². The minimum absolute atomic E-state index is 0.0786. The van der Waals surface area contributed by atoms with E-state index in [0.29, 0.717) is 26.9 Å². The number of benzene rings is 3. The zero-order chi connectivity index (χ0) is 22.2. The number of carbonyl (C=O) groups is 1. The Bertz CT molecular complexity index is 1440. The fourth-order valence-electron chi connectivity index (χ4n) is 3.21.